The number of hydrogen-bond acceptors (Lipinski definition) is 4. The van der Waals surface area contributed by atoms with Crippen molar-refractivity contribution >= 4 is 16.9 Å². The summed E-state index contributed by atoms with van der Waals surface area (Å²) in [6.45, 7) is 6.40. The molecule has 24 heavy (non-hydrogen) atoms. The monoisotopic (exact) mass is 332 g/mol. The molecule has 1 aromatic carbocycles. The summed E-state index contributed by atoms with van der Waals surface area (Å²) in [6, 6.07) is 3.68. The van der Waals surface area contributed by atoms with Crippen LogP contribution < -0.4 is 10.4 Å². The zero-order valence-electron chi connectivity index (χ0n) is 14.5. The molecule has 0 radical (unpaired) electrons. The molecular formula is C19H24O5. The van der Waals surface area contributed by atoms with Crippen LogP contribution in [0.15, 0.2) is 21.3 Å². The van der Waals surface area contributed by atoms with Gasteiger partial charge in [-0.1, -0.05) is 26.2 Å². The van der Waals surface area contributed by atoms with Gasteiger partial charge in [0.15, 0.2) is 0 Å². The summed E-state index contributed by atoms with van der Waals surface area (Å²) in [5.41, 5.74) is 1.50. The van der Waals surface area contributed by atoms with Gasteiger partial charge in [-0.3, -0.25) is 4.79 Å². The van der Waals surface area contributed by atoms with Crippen LogP contribution in [0.4, 0.5) is 0 Å². The summed E-state index contributed by atoms with van der Waals surface area (Å²) in [5, 5.41) is 9.70. The summed E-state index contributed by atoms with van der Waals surface area (Å²) in [6.07, 6.45) is 4.17. The molecule has 0 unspecified atom stereocenters. The predicted molar refractivity (Wildman–Crippen MR) is 92.9 cm³/mol. The number of unbranched alkanes of at least 4 members (excludes halogenated alkanes) is 3. The first-order valence-electron chi connectivity index (χ1n) is 8.36. The van der Waals surface area contributed by atoms with Gasteiger partial charge in [0, 0.05) is 10.9 Å². The van der Waals surface area contributed by atoms with Crippen LogP contribution in [0.3, 0.4) is 0 Å². The highest BCUT2D eigenvalue weighted by Gasteiger charge is 2.17. The molecule has 0 saturated carbocycles. The molecule has 5 nitrogen and oxygen atoms in total. The molecule has 0 spiro atoms. The molecule has 0 saturated heterocycles. The van der Waals surface area contributed by atoms with E-state index in [2.05, 4.69) is 6.92 Å². The van der Waals surface area contributed by atoms with E-state index < -0.39 is 11.6 Å². The van der Waals surface area contributed by atoms with E-state index in [9.17, 15) is 9.59 Å². The van der Waals surface area contributed by atoms with Crippen molar-refractivity contribution in [1.82, 2.24) is 0 Å². The van der Waals surface area contributed by atoms with Crippen molar-refractivity contribution in [1.29, 1.82) is 0 Å². The molecule has 0 aliphatic carbocycles. The molecule has 0 amide bonds. The van der Waals surface area contributed by atoms with Gasteiger partial charge in [-0.2, -0.15) is 0 Å². The summed E-state index contributed by atoms with van der Waals surface area (Å²) in [4.78, 5) is 23.0. The summed E-state index contributed by atoms with van der Waals surface area (Å²) < 4.78 is 11.2. The van der Waals surface area contributed by atoms with E-state index in [-0.39, 0.29) is 12.0 Å². The molecule has 1 aromatic heterocycles. The molecule has 1 heterocycles. The Kier molecular flexibility index (Phi) is 6.01. The number of rotatable bonds is 8. The number of carbonyl (C=O) groups is 1. The molecule has 0 aliphatic heterocycles. The number of aryl methyl sites for hydroxylation is 2. The zero-order chi connectivity index (χ0) is 17.7. The molecule has 1 N–H and O–H groups in total. The smallest absolute Gasteiger partial charge is 0.340 e. The molecular weight excluding hydrogens is 308 g/mol. The Morgan fingerprint density at radius 2 is 1.92 bits per heavy atom. The predicted octanol–water partition coefficient (Wildman–Crippen LogP) is 4.00. The average Bonchev–Trinajstić information content (AvgIpc) is 2.53. The van der Waals surface area contributed by atoms with Crippen LogP contribution in [-0.4, -0.2) is 17.7 Å². The fraction of sp³-hybridized carbons (Fsp3) is 0.474. The molecule has 5 heteroatoms. The third-order valence-corrected chi connectivity index (χ3v) is 4.24. The van der Waals surface area contributed by atoms with Crippen molar-refractivity contribution in [2.75, 3.05) is 6.61 Å². The van der Waals surface area contributed by atoms with E-state index in [0.717, 1.165) is 23.8 Å². The van der Waals surface area contributed by atoms with Crippen molar-refractivity contribution in [3.63, 3.8) is 0 Å². The standard InChI is InChI=1S/C19H24O5/c1-4-5-6-7-10-23-16-9-8-14-12(2)15(11-17(20)21)19(22)24-18(14)13(16)3/h8-9H,4-7,10-11H2,1-3H3,(H,20,21). The SMILES string of the molecule is CCCCCCOc1ccc2c(C)c(CC(=O)O)c(=O)oc2c1C. The van der Waals surface area contributed by atoms with E-state index >= 15 is 0 Å². The fourth-order valence-electron chi connectivity index (χ4n) is 2.79. The van der Waals surface area contributed by atoms with Crippen molar-refractivity contribution in [3.8, 4) is 5.75 Å². The quantitative estimate of drug-likeness (QED) is 0.584. The maximum Gasteiger partial charge on any atom is 0.340 e. The van der Waals surface area contributed by atoms with Crippen LogP contribution in [0.25, 0.3) is 11.0 Å². The Morgan fingerprint density at radius 3 is 2.58 bits per heavy atom. The van der Waals surface area contributed by atoms with Crippen molar-refractivity contribution in [2.24, 2.45) is 0 Å². The number of carboxylic acids is 1. The van der Waals surface area contributed by atoms with Gasteiger partial charge in [0.05, 0.1) is 18.6 Å². The van der Waals surface area contributed by atoms with E-state index in [1.54, 1.807) is 6.92 Å². The van der Waals surface area contributed by atoms with E-state index in [0.29, 0.717) is 23.5 Å². The largest absolute Gasteiger partial charge is 0.493 e. The summed E-state index contributed by atoms with van der Waals surface area (Å²) in [7, 11) is 0. The van der Waals surface area contributed by atoms with Gasteiger partial charge in [0.2, 0.25) is 0 Å². The van der Waals surface area contributed by atoms with E-state index in [1.165, 1.54) is 12.8 Å². The zero-order valence-corrected chi connectivity index (χ0v) is 14.5. The minimum atomic E-state index is -1.05. The molecule has 0 atom stereocenters. The first-order chi connectivity index (χ1) is 11.5. The summed E-state index contributed by atoms with van der Waals surface area (Å²) in [5.74, 6) is -0.346. The van der Waals surface area contributed by atoms with Crippen molar-refractivity contribution < 1.29 is 19.1 Å². The third kappa shape index (κ3) is 3.96. The van der Waals surface area contributed by atoms with E-state index in [4.69, 9.17) is 14.3 Å². The van der Waals surface area contributed by atoms with Gasteiger partial charge in [-0.25, -0.2) is 4.79 Å². The van der Waals surface area contributed by atoms with Crippen LogP contribution in [0.1, 0.15) is 49.3 Å². The minimum absolute atomic E-state index is 0.197. The highest BCUT2D eigenvalue weighted by atomic mass is 16.5. The number of aliphatic carboxylic acids is 1. The van der Waals surface area contributed by atoms with Crippen LogP contribution in [0, 0.1) is 13.8 Å². The van der Waals surface area contributed by atoms with Gasteiger partial charge < -0.3 is 14.3 Å². The van der Waals surface area contributed by atoms with Crippen LogP contribution in [-0.2, 0) is 11.2 Å². The Labute approximate surface area is 141 Å². The lowest BCUT2D eigenvalue weighted by atomic mass is 10.0. The summed E-state index contributed by atoms with van der Waals surface area (Å²) >= 11 is 0. The Bertz CT molecular complexity index is 788. The first kappa shape index (κ1) is 18.0. The molecule has 0 fully saturated rings. The lowest BCUT2D eigenvalue weighted by Gasteiger charge is -2.12. The second-order valence-electron chi connectivity index (χ2n) is 6.04. The third-order valence-electron chi connectivity index (χ3n) is 4.24. The number of fused-ring (bicyclic) bond motifs is 1. The maximum atomic E-state index is 12.1. The number of hydrogen-bond donors (Lipinski definition) is 1. The number of benzene rings is 1. The van der Waals surface area contributed by atoms with Crippen LogP contribution in [0.2, 0.25) is 0 Å². The second-order valence-corrected chi connectivity index (χ2v) is 6.04. The van der Waals surface area contributed by atoms with E-state index in [1.807, 2.05) is 19.1 Å². The maximum absolute atomic E-state index is 12.1. The Morgan fingerprint density at radius 1 is 1.17 bits per heavy atom. The fourth-order valence-corrected chi connectivity index (χ4v) is 2.79. The second kappa shape index (κ2) is 7.99. The van der Waals surface area contributed by atoms with Crippen LogP contribution in [0.5, 0.6) is 5.75 Å². The Hall–Kier alpha value is -2.30. The molecule has 130 valence electrons. The highest BCUT2D eigenvalue weighted by molar-refractivity contribution is 5.86. The van der Waals surface area contributed by atoms with Gasteiger partial charge in [-0.15, -0.1) is 0 Å². The molecule has 2 rings (SSSR count). The molecule has 0 aliphatic rings. The van der Waals surface area contributed by atoms with Gasteiger partial charge in [0.25, 0.3) is 0 Å². The molecule has 0 bridgehead atoms. The van der Waals surface area contributed by atoms with Gasteiger partial charge in [-0.05, 0) is 38.0 Å². The van der Waals surface area contributed by atoms with Crippen molar-refractivity contribution in [2.45, 2.75) is 52.9 Å². The number of carboxylic acid groups (broad SMARTS) is 1. The molecule has 2 aromatic rings. The lowest BCUT2D eigenvalue weighted by Crippen LogP contribution is -2.15. The topological polar surface area (TPSA) is 76.7 Å². The highest BCUT2D eigenvalue weighted by Crippen LogP contribution is 2.29. The van der Waals surface area contributed by atoms with Gasteiger partial charge in [0.1, 0.15) is 11.3 Å². The van der Waals surface area contributed by atoms with Crippen molar-refractivity contribution in [3.05, 3.63) is 39.2 Å². The first-order valence-corrected chi connectivity index (χ1v) is 8.36. The minimum Gasteiger partial charge on any atom is -0.493 e. The lowest BCUT2D eigenvalue weighted by molar-refractivity contribution is -0.136. The van der Waals surface area contributed by atoms with Gasteiger partial charge >= 0.3 is 11.6 Å². The van der Waals surface area contributed by atoms with Crippen LogP contribution >= 0.6 is 0 Å². The normalized spacial score (nSPS) is 11.0. The number of ether oxygens (including phenoxy) is 1. The Balaban J connectivity index is 2.31. The average molecular weight is 332 g/mol.